The van der Waals surface area contributed by atoms with Crippen LogP contribution >= 0.6 is 0 Å². The predicted molar refractivity (Wildman–Crippen MR) is 52.4 cm³/mol. The molecule has 0 radical (unpaired) electrons. The van der Waals surface area contributed by atoms with Gasteiger partial charge in [-0.3, -0.25) is 14.5 Å². The molecular weight excluding hydrogens is 178 g/mol. The average molecular weight is 189 g/mol. The first-order chi connectivity index (χ1) is 6.74. The molecule has 1 heterocycles. The third-order valence-corrected chi connectivity index (χ3v) is 2.54. The Bertz CT molecular complexity index is 362. The van der Waals surface area contributed by atoms with Gasteiger partial charge in [0.15, 0.2) is 12.6 Å². The van der Waals surface area contributed by atoms with Crippen LogP contribution in [-0.4, -0.2) is 24.5 Å². The number of benzene rings is 1. The molecule has 1 aromatic rings. The summed E-state index contributed by atoms with van der Waals surface area (Å²) in [5.41, 5.74) is 3.29. The first-order valence-corrected chi connectivity index (χ1v) is 4.49. The van der Waals surface area contributed by atoms with E-state index in [4.69, 9.17) is 0 Å². The summed E-state index contributed by atoms with van der Waals surface area (Å²) in [7, 11) is 2.02. The molecule has 14 heavy (non-hydrogen) atoms. The summed E-state index contributed by atoms with van der Waals surface area (Å²) in [5.74, 6) is 0. The van der Waals surface area contributed by atoms with Gasteiger partial charge >= 0.3 is 0 Å². The molecule has 2 rings (SSSR count). The van der Waals surface area contributed by atoms with Gasteiger partial charge in [0.25, 0.3) is 0 Å². The van der Waals surface area contributed by atoms with Crippen molar-refractivity contribution in [1.29, 1.82) is 0 Å². The lowest BCUT2D eigenvalue weighted by molar-refractivity contribution is 0.109. The first kappa shape index (κ1) is 9.09. The van der Waals surface area contributed by atoms with Gasteiger partial charge in [0.1, 0.15) is 0 Å². The summed E-state index contributed by atoms with van der Waals surface area (Å²) < 4.78 is 0. The lowest BCUT2D eigenvalue weighted by atomic mass is 10.0. The van der Waals surface area contributed by atoms with Gasteiger partial charge < -0.3 is 0 Å². The van der Waals surface area contributed by atoms with Crippen molar-refractivity contribution in [3.63, 3.8) is 0 Å². The molecule has 0 aromatic heterocycles. The minimum Gasteiger partial charge on any atom is -0.298 e. The van der Waals surface area contributed by atoms with Crippen LogP contribution in [0.5, 0.6) is 0 Å². The van der Waals surface area contributed by atoms with Crippen molar-refractivity contribution in [1.82, 2.24) is 4.90 Å². The van der Waals surface area contributed by atoms with Crippen LogP contribution in [0.25, 0.3) is 0 Å². The van der Waals surface area contributed by atoms with Crippen LogP contribution in [0.3, 0.4) is 0 Å². The zero-order valence-corrected chi connectivity index (χ0v) is 7.99. The van der Waals surface area contributed by atoms with Crippen molar-refractivity contribution >= 4 is 12.6 Å². The number of carbonyl (C=O) groups is 2. The van der Waals surface area contributed by atoms with E-state index in [-0.39, 0.29) is 0 Å². The Morgan fingerprint density at radius 1 is 1.07 bits per heavy atom. The van der Waals surface area contributed by atoms with Crippen molar-refractivity contribution in [2.75, 3.05) is 7.05 Å². The van der Waals surface area contributed by atoms with Crippen LogP contribution < -0.4 is 0 Å². The monoisotopic (exact) mass is 189 g/mol. The molecule has 0 spiro atoms. The Labute approximate surface area is 82.3 Å². The SMILES string of the molecule is CN1Cc2cc(C=O)c(C=O)cc2C1. The number of hydrogen-bond acceptors (Lipinski definition) is 3. The third kappa shape index (κ3) is 1.36. The Kier molecular flexibility index (Phi) is 2.17. The maximum absolute atomic E-state index is 10.7. The van der Waals surface area contributed by atoms with Crippen molar-refractivity contribution in [3.05, 3.63) is 34.4 Å². The number of hydrogen-bond donors (Lipinski definition) is 0. The molecule has 0 saturated carbocycles. The van der Waals surface area contributed by atoms with Gasteiger partial charge in [-0.05, 0) is 30.3 Å². The minimum absolute atomic E-state index is 0.494. The molecule has 0 aliphatic carbocycles. The van der Waals surface area contributed by atoms with E-state index in [2.05, 4.69) is 4.90 Å². The van der Waals surface area contributed by atoms with E-state index >= 15 is 0 Å². The fourth-order valence-corrected chi connectivity index (χ4v) is 1.86. The molecule has 0 bridgehead atoms. The van der Waals surface area contributed by atoms with Gasteiger partial charge in [-0.25, -0.2) is 0 Å². The normalized spacial score (nSPS) is 15.2. The minimum atomic E-state index is 0.494. The third-order valence-electron chi connectivity index (χ3n) is 2.54. The number of aldehydes is 2. The summed E-state index contributed by atoms with van der Waals surface area (Å²) >= 11 is 0. The molecule has 3 heteroatoms. The van der Waals surface area contributed by atoms with E-state index in [1.54, 1.807) is 0 Å². The van der Waals surface area contributed by atoms with Gasteiger partial charge in [-0.2, -0.15) is 0 Å². The highest BCUT2D eigenvalue weighted by atomic mass is 16.1. The van der Waals surface area contributed by atoms with Crippen LogP contribution in [0, 0.1) is 0 Å². The molecule has 1 aromatic carbocycles. The second-order valence-corrected chi connectivity index (χ2v) is 3.66. The van der Waals surface area contributed by atoms with Crippen molar-refractivity contribution in [2.24, 2.45) is 0 Å². The summed E-state index contributed by atoms with van der Waals surface area (Å²) in [6.45, 7) is 1.71. The zero-order valence-electron chi connectivity index (χ0n) is 7.99. The van der Waals surface area contributed by atoms with E-state index in [0.29, 0.717) is 11.1 Å². The molecule has 3 nitrogen and oxygen atoms in total. The van der Waals surface area contributed by atoms with Gasteiger partial charge in [0.05, 0.1) is 0 Å². The Morgan fingerprint density at radius 2 is 1.50 bits per heavy atom. The summed E-state index contributed by atoms with van der Waals surface area (Å²) in [6, 6.07) is 3.63. The fraction of sp³-hybridized carbons (Fsp3) is 0.273. The molecule has 0 amide bonds. The zero-order chi connectivity index (χ0) is 10.1. The molecule has 72 valence electrons. The first-order valence-electron chi connectivity index (χ1n) is 4.49. The second kappa shape index (κ2) is 3.35. The topological polar surface area (TPSA) is 37.4 Å². The summed E-state index contributed by atoms with van der Waals surface area (Å²) in [6.07, 6.45) is 1.48. The van der Waals surface area contributed by atoms with E-state index in [1.165, 1.54) is 0 Å². The highest BCUT2D eigenvalue weighted by Crippen LogP contribution is 2.23. The highest BCUT2D eigenvalue weighted by Gasteiger charge is 2.17. The van der Waals surface area contributed by atoms with Crippen molar-refractivity contribution < 1.29 is 9.59 Å². The van der Waals surface area contributed by atoms with Gasteiger partial charge in [0, 0.05) is 24.2 Å². The number of fused-ring (bicyclic) bond motifs is 1. The molecule has 1 aliphatic heterocycles. The summed E-state index contributed by atoms with van der Waals surface area (Å²) in [5, 5.41) is 0. The predicted octanol–water partition coefficient (Wildman–Crippen LogP) is 1.26. The average Bonchev–Trinajstić information content (AvgIpc) is 2.54. The van der Waals surface area contributed by atoms with Crippen LogP contribution in [0.2, 0.25) is 0 Å². The molecule has 0 saturated heterocycles. The lowest BCUT2D eigenvalue weighted by Crippen LogP contribution is -2.07. The molecule has 0 fully saturated rings. The standard InChI is InChI=1S/C11H11NO2/c1-12-4-8-2-10(6-13)11(7-14)3-9(8)5-12/h2-3,6-7H,4-5H2,1H3. The van der Waals surface area contributed by atoms with Crippen LogP contribution in [-0.2, 0) is 13.1 Å². The van der Waals surface area contributed by atoms with E-state index < -0.39 is 0 Å². The fourth-order valence-electron chi connectivity index (χ4n) is 1.86. The van der Waals surface area contributed by atoms with E-state index in [0.717, 1.165) is 36.8 Å². The smallest absolute Gasteiger partial charge is 0.150 e. The van der Waals surface area contributed by atoms with Gasteiger partial charge in [0.2, 0.25) is 0 Å². The molecule has 0 unspecified atom stereocenters. The van der Waals surface area contributed by atoms with E-state index in [9.17, 15) is 9.59 Å². The maximum atomic E-state index is 10.7. The highest BCUT2D eigenvalue weighted by molar-refractivity contribution is 5.90. The maximum Gasteiger partial charge on any atom is 0.150 e. The number of rotatable bonds is 2. The number of nitrogens with zero attached hydrogens (tertiary/aromatic N) is 1. The van der Waals surface area contributed by atoms with E-state index in [1.807, 2.05) is 19.2 Å². The van der Waals surface area contributed by atoms with Crippen LogP contribution in [0.15, 0.2) is 12.1 Å². The Morgan fingerprint density at radius 3 is 1.86 bits per heavy atom. The number of carbonyl (C=O) groups excluding carboxylic acids is 2. The Balaban J connectivity index is 2.53. The largest absolute Gasteiger partial charge is 0.298 e. The molecule has 1 aliphatic rings. The van der Waals surface area contributed by atoms with Crippen LogP contribution in [0.4, 0.5) is 0 Å². The quantitative estimate of drug-likeness (QED) is 0.657. The van der Waals surface area contributed by atoms with Gasteiger partial charge in [-0.1, -0.05) is 0 Å². The van der Waals surface area contributed by atoms with Crippen molar-refractivity contribution in [3.8, 4) is 0 Å². The lowest BCUT2D eigenvalue weighted by Gasteiger charge is -2.02. The van der Waals surface area contributed by atoms with Gasteiger partial charge in [-0.15, -0.1) is 0 Å². The second-order valence-electron chi connectivity index (χ2n) is 3.66. The molecule has 0 atom stereocenters. The molecular formula is C11H11NO2. The van der Waals surface area contributed by atoms with Crippen LogP contribution in [0.1, 0.15) is 31.8 Å². The van der Waals surface area contributed by atoms with Crippen molar-refractivity contribution in [2.45, 2.75) is 13.1 Å². The summed E-state index contributed by atoms with van der Waals surface area (Å²) in [4.78, 5) is 23.5. The molecule has 0 N–H and O–H groups in total. The Hall–Kier alpha value is -1.48.